The van der Waals surface area contributed by atoms with E-state index in [1.54, 1.807) is 0 Å². The maximum Gasteiger partial charge on any atom is 0.227 e. The highest BCUT2D eigenvalue weighted by atomic mass is 35.5. The Hall–Kier alpha value is -0.770. The Morgan fingerprint density at radius 3 is 2.68 bits per heavy atom. The van der Waals surface area contributed by atoms with Gasteiger partial charge in [-0.05, 0) is 44.0 Å². The van der Waals surface area contributed by atoms with Gasteiger partial charge >= 0.3 is 0 Å². The summed E-state index contributed by atoms with van der Waals surface area (Å²) < 4.78 is 0. The molecule has 1 saturated heterocycles. The van der Waals surface area contributed by atoms with Crippen molar-refractivity contribution < 1.29 is 4.79 Å². The molecule has 0 spiro atoms. The standard InChI is InChI=1S/C14H19ClN2O.ClH/c1-14(7-9-16-10-14)13(18)17-8-6-11-2-4-12(15)5-3-11;/h2-5,16H,6-10H2,1H3,(H,17,18);1H. The van der Waals surface area contributed by atoms with Crippen LogP contribution in [0.3, 0.4) is 0 Å². The first-order valence-electron chi connectivity index (χ1n) is 6.34. The SMILES string of the molecule is CC1(C(=O)NCCc2ccc(Cl)cc2)CCNC1.Cl. The molecule has 1 aliphatic heterocycles. The number of nitrogens with one attached hydrogen (secondary N) is 2. The van der Waals surface area contributed by atoms with Crippen molar-refractivity contribution in [3.8, 4) is 0 Å². The maximum atomic E-state index is 12.0. The number of rotatable bonds is 4. The predicted octanol–water partition coefficient (Wildman–Crippen LogP) is 2.42. The third-order valence-corrected chi connectivity index (χ3v) is 3.78. The fraction of sp³-hybridized carbons (Fsp3) is 0.500. The molecule has 1 aromatic rings. The quantitative estimate of drug-likeness (QED) is 0.897. The van der Waals surface area contributed by atoms with Crippen LogP contribution < -0.4 is 10.6 Å². The van der Waals surface area contributed by atoms with Gasteiger partial charge in [-0.3, -0.25) is 4.79 Å². The Bertz CT molecular complexity index is 414. The van der Waals surface area contributed by atoms with Gasteiger partial charge in [0.15, 0.2) is 0 Å². The molecular formula is C14H20Cl2N2O. The van der Waals surface area contributed by atoms with E-state index >= 15 is 0 Å². The van der Waals surface area contributed by atoms with Crippen molar-refractivity contribution >= 4 is 29.9 Å². The van der Waals surface area contributed by atoms with E-state index in [4.69, 9.17) is 11.6 Å². The van der Waals surface area contributed by atoms with Crippen molar-refractivity contribution in [1.82, 2.24) is 10.6 Å². The molecule has 0 bridgehead atoms. The molecule has 1 aromatic carbocycles. The smallest absolute Gasteiger partial charge is 0.227 e. The Balaban J connectivity index is 0.00000180. The minimum Gasteiger partial charge on any atom is -0.355 e. The van der Waals surface area contributed by atoms with Crippen LogP contribution in [0.15, 0.2) is 24.3 Å². The zero-order chi connectivity index (χ0) is 13.0. The van der Waals surface area contributed by atoms with Gasteiger partial charge in [-0.2, -0.15) is 0 Å². The highest BCUT2D eigenvalue weighted by Gasteiger charge is 2.35. The minimum absolute atomic E-state index is 0. The summed E-state index contributed by atoms with van der Waals surface area (Å²) in [5.41, 5.74) is 0.953. The highest BCUT2D eigenvalue weighted by molar-refractivity contribution is 6.30. The van der Waals surface area contributed by atoms with Crippen LogP contribution in [-0.4, -0.2) is 25.5 Å². The summed E-state index contributed by atoms with van der Waals surface area (Å²) in [4.78, 5) is 12.0. The monoisotopic (exact) mass is 302 g/mol. The van der Waals surface area contributed by atoms with Crippen molar-refractivity contribution in [2.24, 2.45) is 5.41 Å². The summed E-state index contributed by atoms with van der Waals surface area (Å²) in [5.74, 6) is 0.154. The molecule has 3 nitrogen and oxygen atoms in total. The number of amides is 1. The van der Waals surface area contributed by atoms with Gasteiger partial charge in [-0.1, -0.05) is 23.7 Å². The largest absolute Gasteiger partial charge is 0.355 e. The highest BCUT2D eigenvalue weighted by Crippen LogP contribution is 2.24. The summed E-state index contributed by atoms with van der Waals surface area (Å²) in [6.45, 7) is 4.40. The van der Waals surface area contributed by atoms with Gasteiger partial charge in [0.05, 0.1) is 5.41 Å². The van der Waals surface area contributed by atoms with Crippen LogP contribution >= 0.6 is 24.0 Å². The molecule has 1 fully saturated rings. The lowest BCUT2D eigenvalue weighted by Crippen LogP contribution is -2.41. The van der Waals surface area contributed by atoms with E-state index in [-0.39, 0.29) is 23.7 Å². The summed E-state index contributed by atoms with van der Waals surface area (Å²) in [6, 6.07) is 7.74. The van der Waals surface area contributed by atoms with E-state index in [1.165, 1.54) is 5.56 Å². The van der Waals surface area contributed by atoms with Crippen LogP contribution in [0, 0.1) is 5.41 Å². The number of carbonyl (C=O) groups excluding carboxylic acids is 1. The molecular weight excluding hydrogens is 283 g/mol. The van der Waals surface area contributed by atoms with Crippen molar-refractivity contribution in [2.75, 3.05) is 19.6 Å². The summed E-state index contributed by atoms with van der Waals surface area (Å²) in [5, 5.41) is 6.99. The van der Waals surface area contributed by atoms with Crippen LogP contribution in [0.1, 0.15) is 18.9 Å². The Labute approximate surface area is 125 Å². The fourth-order valence-electron chi connectivity index (χ4n) is 2.20. The number of halogens is 2. The zero-order valence-corrected chi connectivity index (χ0v) is 12.6. The van der Waals surface area contributed by atoms with Crippen LogP contribution in [0.4, 0.5) is 0 Å². The minimum atomic E-state index is -0.236. The topological polar surface area (TPSA) is 41.1 Å². The van der Waals surface area contributed by atoms with Crippen LogP contribution in [0.5, 0.6) is 0 Å². The molecule has 19 heavy (non-hydrogen) atoms. The van der Waals surface area contributed by atoms with Gasteiger partial charge in [-0.25, -0.2) is 0 Å². The predicted molar refractivity (Wildman–Crippen MR) is 81.0 cm³/mol. The maximum absolute atomic E-state index is 12.0. The lowest BCUT2D eigenvalue weighted by atomic mass is 9.89. The molecule has 1 heterocycles. The van der Waals surface area contributed by atoms with E-state index in [2.05, 4.69) is 10.6 Å². The van der Waals surface area contributed by atoms with Gasteiger partial charge in [0, 0.05) is 18.1 Å². The molecule has 5 heteroatoms. The Morgan fingerprint density at radius 2 is 2.11 bits per heavy atom. The van der Waals surface area contributed by atoms with E-state index in [0.29, 0.717) is 6.54 Å². The molecule has 1 amide bonds. The van der Waals surface area contributed by atoms with Gasteiger partial charge in [-0.15, -0.1) is 12.4 Å². The van der Waals surface area contributed by atoms with E-state index in [9.17, 15) is 4.79 Å². The van der Waals surface area contributed by atoms with Crippen molar-refractivity contribution in [3.05, 3.63) is 34.9 Å². The lowest BCUT2D eigenvalue weighted by Gasteiger charge is -2.21. The average molecular weight is 303 g/mol. The first-order chi connectivity index (χ1) is 8.60. The van der Waals surface area contributed by atoms with Crippen molar-refractivity contribution in [1.29, 1.82) is 0 Å². The van der Waals surface area contributed by atoms with Crippen molar-refractivity contribution in [3.63, 3.8) is 0 Å². The zero-order valence-electron chi connectivity index (χ0n) is 11.0. The number of hydrogen-bond donors (Lipinski definition) is 2. The summed E-state index contributed by atoms with van der Waals surface area (Å²) in [6.07, 6.45) is 1.76. The molecule has 0 aliphatic carbocycles. The second-order valence-corrected chi connectivity index (χ2v) is 5.56. The molecule has 106 valence electrons. The second kappa shape index (κ2) is 7.13. The molecule has 1 unspecified atom stereocenters. The van der Waals surface area contributed by atoms with Crippen LogP contribution in [0.2, 0.25) is 5.02 Å². The third-order valence-electron chi connectivity index (χ3n) is 3.53. The van der Waals surface area contributed by atoms with Gasteiger partial charge in [0.25, 0.3) is 0 Å². The van der Waals surface area contributed by atoms with Crippen LogP contribution in [0.25, 0.3) is 0 Å². The van der Waals surface area contributed by atoms with Crippen molar-refractivity contribution in [2.45, 2.75) is 19.8 Å². The number of benzene rings is 1. The first-order valence-corrected chi connectivity index (χ1v) is 6.71. The van der Waals surface area contributed by atoms with E-state index in [0.717, 1.165) is 31.0 Å². The molecule has 1 aliphatic rings. The summed E-state index contributed by atoms with van der Waals surface area (Å²) in [7, 11) is 0. The van der Waals surface area contributed by atoms with Gasteiger partial charge in [0.2, 0.25) is 5.91 Å². The molecule has 2 rings (SSSR count). The van der Waals surface area contributed by atoms with Gasteiger partial charge < -0.3 is 10.6 Å². The normalized spacial score (nSPS) is 21.8. The average Bonchev–Trinajstić information content (AvgIpc) is 2.80. The Morgan fingerprint density at radius 1 is 1.42 bits per heavy atom. The molecule has 1 atom stereocenters. The molecule has 0 aromatic heterocycles. The number of hydrogen-bond acceptors (Lipinski definition) is 2. The third kappa shape index (κ3) is 4.37. The van der Waals surface area contributed by atoms with E-state index < -0.39 is 0 Å². The number of carbonyl (C=O) groups is 1. The molecule has 2 N–H and O–H groups in total. The molecule has 0 saturated carbocycles. The first kappa shape index (κ1) is 16.3. The lowest BCUT2D eigenvalue weighted by molar-refractivity contribution is -0.129. The summed E-state index contributed by atoms with van der Waals surface area (Å²) >= 11 is 5.82. The Kier molecular flexibility index (Phi) is 6.11. The van der Waals surface area contributed by atoms with E-state index in [1.807, 2.05) is 31.2 Å². The molecule has 0 radical (unpaired) electrons. The van der Waals surface area contributed by atoms with Crippen LogP contribution in [-0.2, 0) is 11.2 Å². The van der Waals surface area contributed by atoms with Gasteiger partial charge in [0.1, 0.15) is 0 Å². The fourth-order valence-corrected chi connectivity index (χ4v) is 2.32. The second-order valence-electron chi connectivity index (χ2n) is 5.12.